The third-order valence-electron chi connectivity index (χ3n) is 6.64. The van der Waals surface area contributed by atoms with E-state index >= 15 is 0 Å². The molecule has 3 atom stereocenters. The predicted molar refractivity (Wildman–Crippen MR) is 111 cm³/mol. The van der Waals surface area contributed by atoms with Crippen LogP contribution in [0.5, 0.6) is 0 Å². The lowest BCUT2D eigenvalue weighted by atomic mass is 9.73. The second-order valence-corrected chi connectivity index (χ2v) is 8.41. The quantitative estimate of drug-likeness (QED) is 0.585. The molecule has 0 bridgehead atoms. The van der Waals surface area contributed by atoms with Crippen LogP contribution in [0, 0.1) is 11.8 Å². The average Bonchev–Trinajstić information content (AvgIpc) is 2.65. The number of Topliss-reactive ketones (excluding diaryl/α,β-unsaturated/α-hetero) is 1. The Kier molecular flexibility index (Phi) is 9.24. The summed E-state index contributed by atoms with van der Waals surface area (Å²) in [6.45, 7) is 15.4. The number of carbonyl (C=O) groups excluding carboxylic acids is 2. The maximum Gasteiger partial charge on any atom is 0.222 e. The Bertz CT molecular complexity index is 478. The van der Waals surface area contributed by atoms with E-state index in [0.717, 1.165) is 77.9 Å². The molecule has 2 rings (SSSR count). The summed E-state index contributed by atoms with van der Waals surface area (Å²) < 4.78 is 0. The number of fused-ring (bicyclic) bond motifs is 1. The van der Waals surface area contributed by atoms with Crippen molar-refractivity contribution in [2.75, 3.05) is 45.8 Å². The van der Waals surface area contributed by atoms with E-state index in [-0.39, 0.29) is 0 Å². The monoisotopic (exact) mass is 379 g/mol. The van der Waals surface area contributed by atoms with E-state index in [1.807, 2.05) is 4.90 Å². The van der Waals surface area contributed by atoms with Crippen molar-refractivity contribution in [2.45, 2.75) is 72.3 Å². The van der Waals surface area contributed by atoms with Gasteiger partial charge in [-0.25, -0.2) is 0 Å². The summed E-state index contributed by atoms with van der Waals surface area (Å²) in [5, 5.41) is 0. The van der Waals surface area contributed by atoms with E-state index in [0.29, 0.717) is 36.0 Å². The highest BCUT2D eigenvalue weighted by Gasteiger charge is 2.39. The normalized spacial score (nSPS) is 26.3. The highest BCUT2D eigenvalue weighted by molar-refractivity contribution is 5.79. The molecular formula is C22H41N3O2. The molecule has 27 heavy (non-hydrogen) atoms. The standard InChI is InChI=1S/C22H41N3O2/c1-5-11-25-17-18(14-19-16-20(26)9-10-21(19)25)15-22(27)24(8-4)13-12-23(6-2)7-3/h18-19,21H,5-17H2,1-4H3/t18-,19-,21-/m1/s1. The molecule has 1 saturated heterocycles. The van der Waals surface area contributed by atoms with Gasteiger partial charge in [-0.15, -0.1) is 0 Å². The number of likely N-dealkylation sites (tertiary alicyclic amines) is 1. The molecule has 5 heteroatoms. The van der Waals surface area contributed by atoms with Gasteiger partial charge in [0.2, 0.25) is 5.91 Å². The molecule has 0 radical (unpaired) electrons. The smallest absolute Gasteiger partial charge is 0.222 e. The van der Waals surface area contributed by atoms with Crippen molar-refractivity contribution in [3.63, 3.8) is 0 Å². The summed E-state index contributed by atoms with van der Waals surface area (Å²) >= 11 is 0. The van der Waals surface area contributed by atoms with Crippen LogP contribution in [0.4, 0.5) is 0 Å². The van der Waals surface area contributed by atoms with E-state index in [4.69, 9.17) is 0 Å². The molecule has 1 saturated carbocycles. The maximum atomic E-state index is 12.9. The van der Waals surface area contributed by atoms with Gasteiger partial charge in [-0.2, -0.15) is 0 Å². The van der Waals surface area contributed by atoms with Gasteiger partial charge < -0.3 is 9.80 Å². The lowest BCUT2D eigenvalue weighted by Gasteiger charge is -2.47. The summed E-state index contributed by atoms with van der Waals surface area (Å²) in [5.74, 6) is 1.59. The van der Waals surface area contributed by atoms with Crippen molar-refractivity contribution in [3.05, 3.63) is 0 Å². The van der Waals surface area contributed by atoms with Gasteiger partial charge in [-0.05, 0) is 57.7 Å². The van der Waals surface area contributed by atoms with Crippen LogP contribution in [0.1, 0.15) is 66.2 Å². The van der Waals surface area contributed by atoms with Gasteiger partial charge in [-0.1, -0.05) is 20.8 Å². The van der Waals surface area contributed by atoms with Crippen LogP contribution in [0.15, 0.2) is 0 Å². The fourth-order valence-electron chi connectivity index (χ4n) is 5.10. The molecule has 0 aromatic carbocycles. The van der Waals surface area contributed by atoms with Crippen molar-refractivity contribution in [3.8, 4) is 0 Å². The number of amides is 1. The largest absolute Gasteiger partial charge is 0.342 e. The zero-order valence-corrected chi connectivity index (χ0v) is 18.1. The number of rotatable bonds is 10. The van der Waals surface area contributed by atoms with Crippen LogP contribution in [0.2, 0.25) is 0 Å². The number of ketones is 1. The summed E-state index contributed by atoms with van der Waals surface area (Å²) in [7, 11) is 0. The summed E-state index contributed by atoms with van der Waals surface area (Å²) in [6, 6.07) is 0.568. The number of piperidine rings is 1. The topological polar surface area (TPSA) is 43.9 Å². The fraction of sp³-hybridized carbons (Fsp3) is 0.909. The molecule has 2 fully saturated rings. The van der Waals surface area contributed by atoms with Gasteiger partial charge in [0.15, 0.2) is 0 Å². The van der Waals surface area contributed by atoms with Crippen LogP contribution < -0.4 is 0 Å². The highest BCUT2D eigenvalue weighted by atomic mass is 16.2. The number of carbonyl (C=O) groups is 2. The van der Waals surface area contributed by atoms with Crippen LogP contribution in [0.25, 0.3) is 0 Å². The van der Waals surface area contributed by atoms with Crippen molar-refractivity contribution in [1.82, 2.24) is 14.7 Å². The van der Waals surface area contributed by atoms with Crippen molar-refractivity contribution in [1.29, 1.82) is 0 Å². The number of hydrogen-bond donors (Lipinski definition) is 0. The molecule has 5 nitrogen and oxygen atoms in total. The molecule has 0 N–H and O–H groups in total. The SMILES string of the molecule is CCCN1C[C@@H](CC(=O)N(CC)CCN(CC)CC)C[C@@H]2CC(=O)CC[C@H]21. The highest BCUT2D eigenvalue weighted by Crippen LogP contribution is 2.37. The first-order valence-electron chi connectivity index (χ1n) is 11.3. The minimum Gasteiger partial charge on any atom is -0.342 e. The first-order chi connectivity index (χ1) is 13.0. The molecule has 1 amide bonds. The molecule has 1 heterocycles. The lowest BCUT2D eigenvalue weighted by molar-refractivity contribution is -0.133. The van der Waals surface area contributed by atoms with Crippen LogP contribution >= 0.6 is 0 Å². The first kappa shape index (κ1) is 22.4. The molecule has 2 aliphatic rings. The Morgan fingerprint density at radius 1 is 1.11 bits per heavy atom. The number of hydrogen-bond acceptors (Lipinski definition) is 4. The first-order valence-corrected chi connectivity index (χ1v) is 11.3. The Morgan fingerprint density at radius 2 is 1.85 bits per heavy atom. The molecule has 0 aromatic rings. The van der Waals surface area contributed by atoms with E-state index < -0.39 is 0 Å². The van der Waals surface area contributed by atoms with E-state index in [1.165, 1.54) is 0 Å². The van der Waals surface area contributed by atoms with Crippen LogP contribution in [0.3, 0.4) is 0 Å². The second kappa shape index (κ2) is 11.2. The molecule has 0 aromatic heterocycles. The second-order valence-electron chi connectivity index (χ2n) is 8.41. The zero-order chi connectivity index (χ0) is 19.8. The van der Waals surface area contributed by atoms with E-state index in [9.17, 15) is 9.59 Å². The van der Waals surface area contributed by atoms with Gasteiger partial charge in [-0.3, -0.25) is 14.5 Å². The zero-order valence-electron chi connectivity index (χ0n) is 18.1. The molecule has 0 spiro atoms. The van der Waals surface area contributed by atoms with Gasteiger partial charge in [0.05, 0.1) is 0 Å². The molecule has 1 aliphatic heterocycles. The average molecular weight is 380 g/mol. The van der Waals surface area contributed by atoms with E-state index in [2.05, 4.69) is 37.5 Å². The van der Waals surface area contributed by atoms with Gasteiger partial charge in [0.1, 0.15) is 5.78 Å². The number of nitrogens with zero attached hydrogens (tertiary/aromatic N) is 3. The Morgan fingerprint density at radius 3 is 2.48 bits per heavy atom. The summed E-state index contributed by atoms with van der Waals surface area (Å²) in [5.41, 5.74) is 0. The van der Waals surface area contributed by atoms with Crippen molar-refractivity contribution in [2.24, 2.45) is 11.8 Å². The molecular weight excluding hydrogens is 338 g/mol. The minimum absolute atomic E-state index is 0.298. The minimum atomic E-state index is 0.298. The third kappa shape index (κ3) is 6.28. The van der Waals surface area contributed by atoms with Gasteiger partial charge >= 0.3 is 0 Å². The summed E-state index contributed by atoms with van der Waals surface area (Å²) in [6.07, 6.45) is 5.34. The maximum absolute atomic E-state index is 12.9. The number of likely N-dealkylation sites (N-methyl/N-ethyl adjacent to an activating group) is 2. The van der Waals surface area contributed by atoms with Gasteiger partial charge in [0, 0.05) is 51.5 Å². The van der Waals surface area contributed by atoms with E-state index in [1.54, 1.807) is 0 Å². The third-order valence-corrected chi connectivity index (χ3v) is 6.64. The van der Waals surface area contributed by atoms with Crippen LogP contribution in [-0.2, 0) is 9.59 Å². The Hall–Kier alpha value is -0.940. The Labute approximate surface area is 166 Å². The molecule has 0 unspecified atom stereocenters. The van der Waals surface area contributed by atoms with Crippen molar-refractivity contribution >= 4 is 11.7 Å². The van der Waals surface area contributed by atoms with Crippen LogP contribution in [-0.4, -0.2) is 78.2 Å². The molecule has 156 valence electrons. The van der Waals surface area contributed by atoms with Gasteiger partial charge in [0.25, 0.3) is 0 Å². The summed E-state index contributed by atoms with van der Waals surface area (Å²) in [4.78, 5) is 31.9. The lowest BCUT2D eigenvalue weighted by Crippen LogP contribution is -2.52. The molecule has 1 aliphatic carbocycles. The Balaban J connectivity index is 1.93. The van der Waals surface area contributed by atoms with Crippen molar-refractivity contribution < 1.29 is 9.59 Å². The predicted octanol–water partition coefficient (Wildman–Crippen LogP) is 3.04. The fourth-order valence-corrected chi connectivity index (χ4v) is 5.10.